The number of thiophene rings is 1. The molecule has 0 fully saturated rings. The zero-order valence-electron chi connectivity index (χ0n) is 11.1. The molecule has 0 saturated carbocycles. The average molecular weight is 314 g/mol. The second-order valence-electron chi connectivity index (χ2n) is 4.54. The fourth-order valence-corrected chi connectivity index (χ4v) is 3.84. The monoisotopic (exact) mass is 314 g/mol. The van der Waals surface area contributed by atoms with Gasteiger partial charge in [-0.3, -0.25) is 0 Å². The Kier molecular flexibility index (Phi) is 4.12. The quantitative estimate of drug-likeness (QED) is 0.852. The van der Waals surface area contributed by atoms with Gasteiger partial charge in [0, 0.05) is 11.7 Å². The van der Waals surface area contributed by atoms with Crippen LogP contribution in [0.1, 0.15) is 24.1 Å². The second kappa shape index (κ2) is 5.51. The lowest BCUT2D eigenvalue weighted by molar-refractivity contribution is 0.547. The number of hydrogen-bond donors (Lipinski definition) is 2. The van der Waals surface area contributed by atoms with Gasteiger partial charge in [0.1, 0.15) is 10.7 Å². The van der Waals surface area contributed by atoms with Crippen molar-refractivity contribution in [3.8, 4) is 0 Å². The second-order valence-corrected chi connectivity index (χ2v) is 7.00. The van der Waals surface area contributed by atoms with Crippen molar-refractivity contribution in [3.05, 3.63) is 45.9 Å². The molecule has 20 heavy (non-hydrogen) atoms. The van der Waals surface area contributed by atoms with E-state index in [0.29, 0.717) is 5.56 Å². The van der Waals surface area contributed by atoms with Gasteiger partial charge in [0.2, 0.25) is 10.0 Å². The Morgan fingerprint density at radius 1 is 1.40 bits per heavy atom. The fraction of sp³-hybridized carbons (Fsp3) is 0.231. The molecule has 1 unspecified atom stereocenters. The summed E-state index contributed by atoms with van der Waals surface area (Å²) in [6.07, 6.45) is 0. The number of nitrogen functional groups attached to an aromatic ring is 1. The van der Waals surface area contributed by atoms with E-state index in [0.717, 1.165) is 17.7 Å². The molecule has 0 aliphatic rings. The molecule has 0 bridgehead atoms. The Bertz CT molecular complexity index is 712. The van der Waals surface area contributed by atoms with Gasteiger partial charge in [-0.25, -0.2) is 17.5 Å². The van der Waals surface area contributed by atoms with Crippen LogP contribution in [0, 0.1) is 12.7 Å². The molecule has 3 N–H and O–H groups in total. The van der Waals surface area contributed by atoms with E-state index in [1.165, 1.54) is 11.3 Å². The molecule has 0 amide bonds. The third kappa shape index (κ3) is 3.00. The summed E-state index contributed by atoms with van der Waals surface area (Å²) in [5.74, 6) is -0.804. The lowest BCUT2D eigenvalue weighted by atomic mass is 10.2. The van der Waals surface area contributed by atoms with Gasteiger partial charge < -0.3 is 5.73 Å². The normalized spacial score (nSPS) is 13.3. The van der Waals surface area contributed by atoms with Gasteiger partial charge in [-0.15, -0.1) is 0 Å². The van der Waals surface area contributed by atoms with Crippen molar-refractivity contribution >= 4 is 27.0 Å². The molecule has 2 rings (SSSR count). The maximum absolute atomic E-state index is 13.8. The van der Waals surface area contributed by atoms with Crippen molar-refractivity contribution in [1.29, 1.82) is 0 Å². The van der Waals surface area contributed by atoms with Crippen LogP contribution < -0.4 is 10.5 Å². The Hall–Kier alpha value is -1.44. The predicted octanol–water partition coefficient (Wildman–Crippen LogP) is 2.82. The molecule has 4 nitrogen and oxygen atoms in total. The zero-order valence-corrected chi connectivity index (χ0v) is 12.7. The minimum absolute atomic E-state index is 0.245. The SMILES string of the molecule is Cc1cc(F)c(S(=O)(=O)NC(C)c2ccsc2)cc1N. The minimum atomic E-state index is -3.96. The molecule has 2 aromatic rings. The first-order chi connectivity index (χ1) is 9.31. The predicted molar refractivity (Wildman–Crippen MR) is 78.6 cm³/mol. The average Bonchev–Trinajstić information content (AvgIpc) is 2.86. The standard InChI is InChI=1S/C13H15FN2O2S2/c1-8-5-11(14)13(6-12(8)15)20(17,18)16-9(2)10-3-4-19-7-10/h3-7,9,16H,15H2,1-2H3. The van der Waals surface area contributed by atoms with Gasteiger partial charge >= 0.3 is 0 Å². The third-order valence-electron chi connectivity index (χ3n) is 2.99. The van der Waals surface area contributed by atoms with E-state index in [1.807, 2.05) is 16.8 Å². The van der Waals surface area contributed by atoms with Crippen molar-refractivity contribution in [2.24, 2.45) is 0 Å². The van der Waals surface area contributed by atoms with Crippen LogP contribution in [0.4, 0.5) is 10.1 Å². The molecule has 0 spiro atoms. The largest absolute Gasteiger partial charge is 0.398 e. The van der Waals surface area contributed by atoms with Crippen LogP contribution in [0.2, 0.25) is 0 Å². The first-order valence-corrected chi connectivity index (χ1v) is 8.34. The van der Waals surface area contributed by atoms with Crippen LogP contribution in [0.25, 0.3) is 0 Å². The highest BCUT2D eigenvalue weighted by Crippen LogP contribution is 2.24. The Morgan fingerprint density at radius 3 is 2.70 bits per heavy atom. The Balaban J connectivity index is 2.34. The molecule has 0 saturated heterocycles. The smallest absolute Gasteiger partial charge is 0.244 e. The van der Waals surface area contributed by atoms with Gasteiger partial charge in [0.05, 0.1) is 0 Å². The molecular weight excluding hydrogens is 299 g/mol. The van der Waals surface area contributed by atoms with Gasteiger partial charge in [-0.1, -0.05) is 0 Å². The van der Waals surface area contributed by atoms with E-state index in [9.17, 15) is 12.8 Å². The van der Waals surface area contributed by atoms with Crippen LogP contribution in [0.5, 0.6) is 0 Å². The molecule has 108 valence electrons. The highest BCUT2D eigenvalue weighted by Gasteiger charge is 2.23. The number of aryl methyl sites for hydroxylation is 1. The highest BCUT2D eigenvalue weighted by molar-refractivity contribution is 7.89. The van der Waals surface area contributed by atoms with Crippen LogP contribution in [0.3, 0.4) is 0 Å². The van der Waals surface area contributed by atoms with E-state index < -0.39 is 26.8 Å². The third-order valence-corrected chi connectivity index (χ3v) is 5.24. The lowest BCUT2D eigenvalue weighted by Gasteiger charge is -2.14. The Labute approximate surface area is 121 Å². The van der Waals surface area contributed by atoms with Gasteiger partial charge in [-0.2, -0.15) is 11.3 Å². The maximum atomic E-state index is 13.8. The molecule has 0 radical (unpaired) electrons. The molecule has 1 aromatic heterocycles. The minimum Gasteiger partial charge on any atom is -0.398 e. The van der Waals surface area contributed by atoms with Crippen molar-refractivity contribution < 1.29 is 12.8 Å². The number of sulfonamides is 1. The van der Waals surface area contributed by atoms with E-state index in [-0.39, 0.29) is 5.69 Å². The van der Waals surface area contributed by atoms with Crippen LogP contribution >= 0.6 is 11.3 Å². The number of halogens is 1. The molecule has 7 heteroatoms. The Morgan fingerprint density at radius 2 is 2.10 bits per heavy atom. The van der Waals surface area contributed by atoms with Crippen LogP contribution in [-0.2, 0) is 10.0 Å². The summed E-state index contributed by atoms with van der Waals surface area (Å²) in [6, 6.07) is 3.65. The summed E-state index contributed by atoms with van der Waals surface area (Å²) in [4.78, 5) is -0.428. The van der Waals surface area contributed by atoms with Gasteiger partial charge in [-0.05, 0) is 53.9 Å². The topological polar surface area (TPSA) is 72.2 Å². The van der Waals surface area contributed by atoms with E-state index in [4.69, 9.17) is 5.73 Å². The number of nitrogens with one attached hydrogen (secondary N) is 1. The number of rotatable bonds is 4. The molecule has 0 aliphatic heterocycles. The maximum Gasteiger partial charge on any atom is 0.244 e. The van der Waals surface area contributed by atoms with Crippen molar-refractivity contribution in [2.75, 3.05) is 5.73 Å². The van der Waals surface area contributed by atoms with E-state index >= 15 is 0 Å². The van der Waals surface area contributed by atoms with Crippen molar-refractivity contribution in [2.45, 2.75) is 24.8 Å². The summed E-state index contributed by atoms with van der Waals surface area (Å²) >= 11 is 1.47. The first kappa shape index (κ1) is 15.0. The van der Waals surface area contributed by atoms with Crippen molar-refractivity contribution in [3.63, 3.8) is 0 Å². The summed E-state index contributed by atoms with van der Waals surface area (Å²) in [5.41, 5.74) is 7.24. The molecule has 0 aliphatic carbocycles. The summed E-state index contributed by atoms with van der Waals surface area (Å²) in [7, 11) is -3.96. The van der Waals surface area contributed by atoms with Gasteiger partial charge in [0.15, 0.2) is 0 Å². The fourth-order valence-electron chi connectivity index (χ4n) is 1.76. The highest BCUT2D eigenvalue weighted by atomic mass is 32.2. The van der Waals surface area contributed by atoms with E-state index in [1.54, 1.807) is 13.8 Å². The lowest BCUT2D eigenvalue weighted by Crippen LogP contribution is -2.27. The molecular formula is C13H15FN2O2S2. The first-order valence-electron chi connectivity index (χ1n) is 5.91. The number of hydrogen-bond acceptors (Lipinski definition) is 4. The van der Waals surface area contributed by atoms with E-state index in [2.05, 4.69) is 4.72 Å². The number of nitrogens with two attached hydrogens (primary N) is 1. The summed E-state index contributed by atoms with van der Waals surface area (Å²) in [6.45, 7) is 3.32. The summed E-state index contributed by atoms with van der Waals surface area (Å²) in [5, 5.41) is 3.69. The molecule has 1 atom stereocenters. The van der Waals surface area contributed by atoms with Crippen molar-refractivity contribution in [1.82, 2.24) is 4.72 Å². The molecule has 1 heterocycles. The summed E-state index contributed by atoms with van der Waals surface area (Å²) < 4.78 is 40.7. The molecule has 1 aromatic carbocycles. The zero-order chi connectivity index (χ0) is 14.9. The van der Waals surface area contributed by atoms with Gasteiger partial charge in [0.25, 0.3) is 0 Å². The van der Waals surface area contributed by atoms with Crippen LogP contribution in [0.15, 0.2) is 33.9 Å². The number of benzene rings is 1. The number of anilines is 1. The van der Waals surface area contributed by atoms with Crippen LogP contribution in [-0.4, -0.2) is 8.42 Å².